The van der Waals surface area contributed by atoms with Gasteiger partial charge in [0.05, 0.1) is 12.1 Å². The van der Waals surface area contributed by atoms with E-state index in [9.17, 15) is 9.18 Å². The zero-order valence-corrected chi connectivity index (χ0v) is 12.3. The zero-order chi connectivity index (χ0) is 15.2. The molecule has 1 amide bonds. The van der Waals surface area contributed by atoms with Crippen LogP contribution in [0.2, 0.25) is 0 Å². The van der Waals surface area contributed by atoms with Gasteiger partial charge < -0.3 is 15.8 Å². The largest absolute Gasteiger partial charge is 0.494 e. The van der Waals surface area contributed by atoms with Gasteiger partial charge in [-0.05, 0) is 57.0 Å². The molecule has 1 atom stereocenters. The first-order chi connectivity index (χ1) is 9.39. The Kier molecular flexibility index (Phi) is 5.95. The number of carbonyl (C=O) groups is 1. The Bertz CT molecular complexity index is 465. The van der Waals surface area contributed by atoms with Gasteiger partial charge in [0.25, 0.3) is 0 Å². The SMILES string of the molecule is CCNC(C)(CCCOc1ccc(F)c(C)c1)C(N)=O. The molecule has 0 aromatic heterocycles. The maximum Gasteiger partial charge on any atom is 0.237 e. The van der Waals surface area contributed by atoms with E-state index < -0.39 is 5.54 Å². The molecule has 0 bridgehead atoms. The number of hydrogen-bond donors (Lipinski definition) is 2. The van der Waals surface area contributed by atoms with Crippen LogP contribution >= 0.6 is 0 Å². The normalized spacial score (nSPS) is 13.8. The second-order valence-corrected chi connectivity index (χ2v) is 5.09. The number of carbonyl (C=O) groups excluding carboxylic acids is 1. The molecule has 0 heterocycles. The summed E-state index contributed by atoms with van der Waals surface area (Å²) in [6.45, 7) is 6.55. The number of primary amides is 1. The molecule has 5 heteroatoms. The molecular weight excluding hydrogens is 259 g/mol. The Morgan fingerprint density at radius 3 is 2.75 bits per heavy atom. The van der Waals surface area contributed by atoms with Gasteiger partial charge in [0.15, 0.2) is 0 Å². The fourth-order valence-electron chi connectivity index (χ4n) is 2.01. The van der Waals surface area contributed by atoms with E-state index in [1.807, 2.05) is 6.92 Å². The van der Waals surface area contributed by atoms with Crippen molar-refractivity contribution in [2.24, 2.45) is 5.73 Å². The molecule has 1 rings (SSSR count). The van der Waals surface area contributed by atoms with Crippen molar-refractivity contribution in [1.29, 1.82) is 0 Å². The van der Waals surface area contributed by atoms with E-state index in [0.29, 0.717) is 37.3 Å². The molecule has 0 fully saturated rings. The van der Waals surface area contributed by atoms with Crippen molar-refractivity contribution in [3.05, 3.63) is 29.6 Å². The molecule has 20 heavy (non-hydrogen) atoms. The number of rotatable bonds is 8. The van der Waals surface area contributed by atoms with Crippen molar-refractivity contribution >= 4 is 5.91 Å². The number of nitrogens with one attached hydrogen (secondary N) is 1. The van der Waals surface area contributed by atoms with E-state index in [0.717, 1.165) is 0 Å². The summed E-state index contributed by atoms with van der Waals surface area (Å²) in [6, 6.07) is 4.64. The Morgan fingerprint density at radius 2 is 2.20 bits per heavy atom. The number of ether oxygens (including phenoxy) is 1. The van der Waals surface area contributed by atoms with Crippen molar-refractivity contribution in [1.82, 2.24) is 5.32 Å². The monoisotopic (exact) mass is 282 g/mol. The van der Waals surface area contributed by atoms with Gasteiger partial charge in [-0.15, -0.1) is 0 Å². The zero-order valence-electron chi connectivity index (χ0n) is 12.3. The molecule has 1 unspecified atom stereocenters. The standard InChI is InChI=1S/C15H23FN2O2/c1-4-18-15(3,14(17)19)8-5-9-20-12-6-7-13(16)11(2)10-12/h6-7,10,18H,4-5,8-9H2,1-3H3,(H2,17,19). The summed E-state index contributed by atoms with van der Waals surface area (Å²) in [6.07, 6.45) is 1.28. The third-order valence-electron chi connectivity index (χ3n) is 3.33. The predicted octanol–water partition coefficient (Wildman–Crippen LogP) is 2.15. The van der Waals surface area contributed by atoms with E-state index in [4.69, 9.17) is 10.5 Å². The average molecular weight is 282 g/mol. The lowest BCUT2D eigenvalue weighted by molar-refractivity contribution is -0.124. The molecule has 0 saturated heterocycles. The van der Waals surface area contributed by atoms with Gasteiger partial charge in [0.2, 0.25) is 5.91 Å². The summed E-state index contributed by atoms with van der Waals surface area (Å²) in [5.74, 6) is 0.0240. The topological polar surface area (TPSA) is 64.3 Å². The minimum Gasteiger partial charge on any atom is -0.494 e. The fraction of sp³-hybridized carbons (Fsp3) is 0.533. The molecule has 1 aromatic rings. The Hall–Kier alpha value is -1.62. The number of halogens is 1. The molecule has 0 aliphatic rings. The lowest BCUT2D eigenvalue weighted by atomic mass is 9.95. The second kappa shape index (κ2) is 7.24. The van der Waals surface area contributed by atoms with Gasteiger partial charge in [0, 0.05) is 0 Å². The summed E-state index contributed by atoms with van der Waals surface area (Å²) in [7, 11) is 0. The number of hydrogen-bond acceptors (Lipinski definition) is 3. The van der Waals surface area contributed by atoms with Gasteiger partial charge in [0.1, 0.15) is 11.6 Å². The van der Waals surface area contributed by atoms with Gasteiger partial charge >= 0.3 is 0 Å². The second-order valence-electron chi connectivity index (χ2n) is 5.09. The van der Waals surface area contributed by atoms with Gasteiger partial charge in [-0.1, -0.05) is 6.92 Å². The van der Waals surface area contributed by atoms with E-state index in [1.165, 1.54) is 6.07 Å². The summed E-state index contributed by atoms with van der Waals surface area (Å²) in [5.41, 5.74) is 5.24. The first kappa shape index (κ1) is 16.4. The summed E-state index contributed by atoms with van der Waals surface area (Å²) in [4.78, 5) is 11.4. The molecule has 4 nitrogen and oxygen atoms in total. The van der Waals surface area contributed by atoms with Gasteiger partial charge in [-0.2, -0.15) is 0 Å². The highest BCUT2D eigenvalue weighted by Gasteiger charge is 2.29. The molecule has 112 valence electrons. The van der Waals surface area contributed by atoms with Crippen LogP contribution in [-0.4, -0.2) is 24.6 Å². The van der Waals surface area contributed by atoms with E-state index >= 15 is 0 Å². The smallest absolute Gasteiger partial charge is 0.237 e. The van der Waals surface area contributed by atoms with Crippen molar-refractivity contribution in [2.45, 2.75) is 39.2 Å². The maximum absolute atomic E-state index is 13.1. The average Bonchev–Trinajstić information content (AvgIpc) is 2.39. The Morgan fingerprint density at radius 1 is 1.50 bits per heavy atom. The first-order valence-corrected chi connectivity index (χ1v) is 6.83. The Balaban J connectivity index is 2.44. The number of nitrogens with two attached hydrogens (primary N) is 1. The summed E-state index contributed by atoms with van der Waals surface area (Å²) < 4.78 is 18.7. The van der Waals surface area contributed by atoms with Crippen LogP contribution in [0.4, 0.5) is 4.39 Å². The quantitative estimate of drug-likeness (QED) is 0.718. The lowest BCUT2D eigenvalue weighted by Crippen LogP contribution is -2.53. The summed E-state index contributed by atoms with van der Waals surface area (Å²) >= 11 is 0. The third-order valence-corrected chi connectivity index (χ3v) is 3.33. The van der Waals surface area contributed by atoms with Crippen molar-refractivity contribution in [3.8, 4) is 5.75 Å². The molecule has 1 aromatic carbocycles. The number of aryl methyl sites for hydroxylation is 1. The van der Waals surface area contributed by atoms with Crippen molar-refractivity contribution in [2.75, 3.05) is 13.2 Å². The van der Waals surface area contributed by atoms with Crippen LogP contribution in [0.5, 0.6) is 5.75 Å². The lowest BCUT2D eigenvalue weighted by Gasteiger charge is -2.26. The maximum atomic E-state index is 13.1. The molecule has 0 spiro atoms. The van der Waals surface area contributed by atoms with Crippen LogP contribution in [0.1, 0.15) is 32.3 Å². The molecule has 0 radical (unpaired) electrons. The summed E-state index contributed by atoms with van der Waals surface area (Å²) in [5, 5.41) is 3.09. The van der Waals surface area contributed by atoms with Crippen LogP contribution in [0, 0.1) is 12.7 Å². The van der Waals surface area contributed by atoms with Crippen molar-refractivity contribution < 1.29 is 13.9 Å². The van der Waals surface area contributed by atoms with Crippen molar-refractivity contribution in [3.63, 3.8) is 0 Å². The van der Waals surface area contributed by atoms with Crippen LogP contribution < -0.4 is 15.8 Å². The van der Waals surface area contributed by atoms with Crippen LogP contribution in [0.3, 0.4) is 0 Å². The van der Waals surface area contributed by atoms with E-state index in [1.54, 1.807) is 26.0 Å². The first-order valence-electron chi connectivity index (χ1n) is 6.83. The molecule has 0 saturated carbocycles. The number of benzene rings is 1. The predicted molar refractivity (Wildman–Crippen MR) is 77.1 cm³/mol. The highest BCUT2D eigenvalue weighted by molar-refractivity contribution is 5.84. The Labute approximate surface area is 119 Å². The highest BCUT2D eigenvalue weighted by atomic mass is 19.1. The van der Waals surface area contributed by atoms with Gasteiger partial charge in [-0.25, -0.2) is 4.39 Å². The van der Waals surface area contributed by atoms with Gasteiger partial charge in [-0.3, -0.25) is 4.79 Å². The molecule has 0 aliphatic carbocycles. The number of amides is 1. The van der Waals surface area contributed by atoms with E-state index in [-0.39, 0.29) is 11.7 Å². The third kappa shape index (κ3) is 4.49. The van der Waals surface area contributed by atoms with Crippen LogP contribution in [0.25, 0.3) is 0 Å². The molecule has 0 aliphatic heterocycles. The fourth-order valence-corrected chi connectivity index (χ4v) is 2.01. The number of likely N-dealkylation sites (N-methyl/N-ethyl adjacent to an activating group) is 1. The molecule has 3 N–H and O–H groups in total. The van der Waals surface area contributed by atoms with Crippen LogP contribution in [-0.2, 0) is 4.79 Å². The minimum absolute atomic E-state index is 0.245. The van der Waals surface area contributed by atoms with Crippen LogP contribution in [0.15, 0.2) is 18.2 Å². The highest BCUT2D eigenvalue weighted by Crippen LogP contribution is 2.17. The van der Waals surface area contributed by atoms with E-state index in [2.05, 4.69) is 5.32 Å². The molecular formula is C15H23FN2O2. The minimum atomic E-state index is -0.711.